The van der Waals surface area contributed by atoms with Gasteiger partial charge in [-0.1, -0.05) is 25.1 Å². The van der Waals surface area contributed by atoms with Gasteiger partial charge in [-0.15, -0.1) is 11.3 Å². The maximum atomic E-state index is 12.3. The van der Waals surface area contributed by atoms with E-state index in [9.17, 15) is 9.90 Å². The van der Waals surface area contributed by atoms with Gasteiger partial charge in [0.1, 0.15) is 0 Å². The second kappa shape index (κ2) is 8.08. The summed E-state index contributed by atoms with van der Waals surface area (Å²) >= 11 is 1.49. The number of aliphatic hydroxyl groups is 1. The summed E-state index contributed by atoms with van der Waals surface area (Å²) in [5, 5.41) is 12.5. The highest BCUT2D eigenvalue weighted by molar-refractivity contribution is 7.14. The number of carbonyl (C=O) groups is 1. The molecule has 1 amide bonds. The number of hydrogen-bond acceptors (Lipinski definition) is 5. The van der Waals surface area contributed by atoms with Crippen molar-refractivity contribution < 1.29 is 9.90 Å². The van der Waals surface area contributed by atoms with Gasteiger partial charge in [-0.05, 0) is 37.4 Å². The normalized spacial score (nSPS) is 18.3. The van der Waals surface area contributed by atoms with Crippen molar-refractivity contribution in [1.82, 2.24) is 9.88 Å². The average Bonchev–Trinajstić information content (AvgIpc) is 3.03. The Kier molecular flexibility index (Phi) is 5.83. The standard InChI is InChI=1S/C19H25N3O2S/c1-3-15-7-4-5-9-18(15)22(14(2)23)19-20-16(13-25-19)11-21-10-6-8-17(24)12-21/h4-5,7,9,13,17,24H,3,6,8,10-12H2,1-2H3. The quantitative estimate of drug-likeness (QED) is 0.889. The van der Waals surface area contributed by atoms with Crippen LogP contribution in [0.15, 0.2) is 29.6 Å². The molecule has 0 bridgehead atoms. The van der Waals surface area contributed by atoms with E-state index in [0.29, 0.717) is 18.2 Å². The summed E-state index contributed by atoms with van der Waals surface area (Å²) in [7, 11) is 0. The monoisotopic (exact) mass is 359 g/mol. The minimum absolute atomic E-state index is 0.0322. The SMILES string of the molecule is CCc1ccccc1N(C(C)=O)c1nc(CN2CCCC(O)C2)cs1. The largest absolute Gasteiger partial charge is 0.392 e. The number of piperidine rings is 1. The van der Waals surface area contributed by atoms with Crippen LogP contribution in [0.5, 0.6) is 0 Å². The average molecular weight is 359 g/mol. The Hall–Kier alpha value is -1.76. The second-order valence-corrected chi connectivity index (χ2v) is 7.33. The van der Waals surface area contributed by atoms with Gasteiger partial charge in [-0.3, -0.25) is 14.6 Å². The van der Waals surface area contributed by atoms with Crippen molar-refractivity contribution in [3.63, 3.8) is 0 Å². The van der Waals surface area contributed by atoms with Crippen molar-refractivity contribution in [1.29, 1.82) is 0 Å². The Bertz CT molecular complexity index is 731. The van der Waals surface area contributed by atoms with E-state index in [2.05, 4.69) is 17.9 Å². The topological polar surface area (TPSA) is 56.7 Å². The highest BCUT2D eigenvalue weighted by Crippen LogP contribution is 2.32. The number of rotatable bonds is 5. The van der Waals surface area contributed by atoms with Crippen LogP contribution in [-0.4, -0.2) is 40.1 Å². The van der Waals surface area contributed by atoms with Gasteiger partial charge in [0.05, 0.1) is 17.5 Å². The molecule has 2 heterocycles. The maximum Gasteiger partial charge on any atom is 0.230 e. The van der Waals surface area contributed by atoms with Crippen molar-refractivity contribution in [2.75, 3.05) is 18.0 Å². The Morgan fingerprint density at radius 3 is 2.96 bits per heavy atom. The van der Waals surface area contributed by atoms with Crippen LogP contribution in [-0.2, 0) is 17.8 Å². The molecule has 0 radical (unpaired) electrons. The maximum absolute atomic E-state index is 12.3. The highest BCUT2D eigenvalue weighted by atomic mass is 32.1. The summed E-state index contributed by atoms with van der Waals surface area (Å²) in [6.07, 6.45) is 2.52. The number of amides is 1. The van der Waals surface area contributed by atoms with Crippen molar-refractivity contribution in [2.45, 2.75) is 45.8 Å². The number of aryl methyl sites for hydroxylation is 1. The van der Waals surface area contributed by atoms with Crippen LogP contribution in [0.25, 0.3) is 0 Å². The molecule has 0 saturated carbocycles. The lowest BCUT2D eigenvalue weighted by Crippen LogP contribution is -2.37. The molecule has 1 N–H and O–H groups in total. The lowest BCUT2D eigenvalue weighted by molar-refractivity contribution is -0.115. The number of hydrogen-bond donors (Lipinski definition) is 1. The van der Waals surface area contributed by atoms with Gasteiger partial charge in [0.15, 0.2) is 5.13 Å². The Morgan fingerprint density at radius 1 is 1.44 bits per heavy atom. The van der Waals surface area contributed by atoms with E-state index in [0.717, 1.165) is 42.8 Å². The van der Waals surface area contributed by atoms with E-state index in [1.165, 1.54) is 11.3 Å². The summed E-state index contributed by atoms with van der Waals surface area (Å²) in [4.78, 5) is 20.9. The summed E-state index contributed by atoms with van der Waals surface area (Å²) in [5.74, 6) is -0.0322. The minimum Gasteiger partial charge on any atom is -0.392 e. The molecular formula is C19H25N3O2S. The molecular weight excluding hydrogens is 334 g/mol. The van der Waals surface area contributed by atoms with Crippen LogP contribution in [0.2, 0.25) is 0 Å². The molecule has 0 spiro atoms. The number of nitrogens with zero attached hydrogens (tertiary/aromatic N) is 3. The summed E-state index contributed by atoms with van der Waals surface area (Å²) in [6.45, 7) is 6.07. The summed E-state index contributed by atoms with van der Waals surface area (Å²) < 4.78 is 0. The fraction of sp³-hybridized carbons (Fsp3) is 0.474. The number of benzene rings is 1. The molecule has 1 aromatic carbocycles. The van der Waals surface area contributed by atoms with Gasteiger partial charge in [-0.2, -0.15) is 0 Å². The first-order chi connectivity index (χ1) is 12.1. The third kappa shape index (κ3) is 4.26. The third-order valence-electron chi connectivity index (χ3n) is 4.53. The van der Waals surface area contributed by atoms with Crippen LogP contribution in [0, 0.1) is 0 Å². The number of anilines is 2. The molecule has 1 aliphatic heterocycles. The van der Waals surface area contributed by atoms with Gasteiger partial charge in [0.25, 0.3) is 0 Å². The number of carbonyl (C=O) groups excluding carboxylic acids is 1. The summed E-state index contributed by atoms with van der Waals surface area (Å²) in [6, 6.07) is 7.97. The van der Waals surface area contributed by atoms with Gasteiger partial charge in [0, 0.05) is 25.4 Å². The fourth-order valence-corrected chi connectivity index (χ4v) is 4.18. The van der Waals surface area contributed by atoms with E-state index in [1.54, 1.807) is 11.8 Å². The van der Waals surface area contributed by atoms with Gasteiger partial charge in [-0.25, -0.2) is 4.98 Å². The molecule has 5 nitrogen and oxygen atoms in total. The Morgan fingerprint density at radius 2 is 2.24 bits per heavy atom. The first-order valence-electron chi connectivity index (χ1n) is 8.82. The van der Waals surface area contributed by atoms with E-state index >= 15 is 0 Å². The fourth-order valence-electron chi connectivity index (χ4n) is 3.31. The van der Waals surface area contributed by atoms with Crippen LogP contribution < -0.4 is 4.90 Å². The van der Waals surface area contributed by atoms with Gasteiger partial charge >= 0.3 is 0 Å². The van der Waals surface area contributed by atoms with Crippen molar-refractivity contribution in [2.24, 2.45) is 0 Å². The number of para-hydroxylation sites is 1. The molecule has 1 fully saturated rings. The minimum atomic E-state index is -0.239. The molecule has 1 aliphatic rings. The smallest absolute Gasteiger partial charge is 0.230 e. The molecule has 3 rings (SSSR count). The Labute approximate surface area is 152 Å². The zero-order valence-electron chi connectivity index (χ0n) is 14.8. The zero-order chi connectivity index (χ0) is 17.8. The first-order valence-corrected chi connectivity index (χ1v) is 9.70. The molecule has 25 heavy (non-hydrogen) atoms. The molecule has 134 valence electrons. The molecule has 1 aromatic heterocycles. The Balaban J connectivity index is 1.81. The third-order valence-corrected chi connectivity index (χ3v) is 5.40. The molecule has 1 unspecified atom stereocenters. The number of aliphatic hydroxyl groups excluding tert-OH is 1. The molecule has 0 aliphatic carbocycles. The molecule has 1 atom stereocenters. The zero-order valence-corrected chi connectivity index (χ0v) is 15.6. The van der Waals surface area contributed by atoms with E-state index < -0.39 is 0 Å². The van der Waals surface area contributed by atoms with E-state index in [4.69, 9.17) is 4.98 Å². The molecule has 1 saturated heterocycles. The molecule has 2 aromatic rings. The lowest BCUT2D eigenvalue weighted by Gasteiger charge is -2.29. The van der Waals surface area contributed by atoms with Crippen LogP contribution in [0.1, 0.15) is 37.9 Å². The van der Waals surface area contributed by atoms with Crippen molar-refractivity contribution in [3.8, 4) is 0 Å². The van der Waals surface area contributed by atoms with Gasteiger partial charge in [0.2, 0.25) is 5.91 Å². The first kappa shape index (κ1) is 18.0. The van der Waals surface area contributed by atoms with Gasteiger partial charge < -0.3 is 5.11 Å². The van der Waals surface area contributed by atoms with Crippen LogP contribution in [0.4, 0.5) is 10.8 Å². The number of likely N-dealkylation sites (tertiary alicyclic amines) is 1. The van der Waals surface area contributed by atoms with Crippen LogP contribution >= 0.6 is 11.3 Å². The second-order valence-electron chi connectivity index (χ2n) is 6.49. The highest BCUT2D eigenvalue weighted by Gasteiger charge is 2.22. The van der Waals surface area contributed by atoms with E-state index in [1.807, 2.05) is 23.6 Å². The molecule has 6 heteroatoms. The predicted molar refractivity (Wildman–Crippen MR) is 101 cm³/mol. The number of β-amino-alcohol motifs (C(OH)–C–C–N with tert-alkyl or cyclic N) is 1. The van der Waals surface area contributed by atoms with Crippen LogP contribution in [0.3, 0.4) is 0 Å². The number of thiazole rings is 1. The predicted octanol–water partition coefficient (Wildman–Crippen LogP) is 3.35. The lowest BCUT2D eigenvalue weighted by atomic mass is 10.1. The van der Waals surface area contributed by atoms with Crippen molar-refractivity contribution >= 4 is 28.1 Å². The van der Waals surface area contributed by atoms with Crippen molar-refractivity contribution in [3.05, 3.63) is 40.9 Å². The van der Waals surface area contributed by atoms with E-state index in [-0.39, 0.29) is 12.0 Å². The number of aromatic nitrogens is 1. The summed E-state index contributed by atoms with van der Waals surface area (Å²) in [5.41, 5.74) is 3.00.